The Hall–Kier alpha value is -3.81. The number of amides is 1. The van der Waals surface area contributed by atoms with Crippen LogP contribution in [0, 0.1) is 13.8 Å². The van der Waals surface area contributed by atoms with Crippen molar-refractivity contribution in [2.75, 3.05) is 13.1 Å². The highest BCUT2D eigenvalue weighted by Gasteiger charge is 2.27. The second-order valence-electron chi connectivity index (χ2n) is 8.79. The van der Waals surface area contributed by atoms with Gasteiger partial charge in [0.15, 0.2) is 11.2 Å². The number of nitrogens with zero attached hydrogens (tertiary/aromatic N) is 5. The quantitative estimate of drug-likeness (QED) is 0.524. The van der Waals surface area contributed by atoms with Gasteiger partial charge in [0.1, 0.15) is 5.82 Å². The van der Waals surface area contributed by atoms with Crippen molar-refractivity contribution in [1.82, 2.24) is 29.9 Å². The highest BCUT2D eigenvalue weighted by molar-refractivity contribution is 5.94. The van der Waals surface area contributed by atoms with E-state index in [-0.39, 0.29) is 22.9 Å². The fraction of sp³-hybridized carbons (Fsp3) is 0.320. The zero-order valence-corrected chi connectivity index (χ0v) is 18.8. The van der Waals surface area contributed by atoms with Crippen LogP contribution in [0.3, 0.4) is 0 Å². The normalized spacial score (nSPS) is 14.7. The maximum Gasteiger partial charge on any atom is 0.281 e. The van der Waals surface area contributed by atoms with E-state index in [2.05, 4.69) is 15.3 Å². The molecule has 33 heavy (non-hydrogen) atoms. The van der Waals surface area contributed by atoms with Crippen LogP contribution in [0.4, 0.5) is 0 Å². The van der Waals surface area contributed by atoms with Gasteiger partial charge in [-0.25, -0.2) is 9.67 Å². The molecular weight excluding hydrogens is 416 g/mol. The van der Waals surface area contributed by atoms with Crippen LogP contribution in [-0.4, -0.2) is 48.9 Å². The first kappa shape index (κ1) is 21.1. The number of carbonyl (C=O) groups excluding carboxylic acids is 1. The monoisotopic (exact) mass is 442 g/mol. The number of hydrogen-bond acceptors (Lipinski definition) is 5. The fourth-order valence-electron chi connectivity index (χ4n) is 4.37. The van der Waals surface area contributed by atoms with Gasteiger partial charge in [0, 0.05) is 24.6 Å². The third kappa shape index (κ3) is 4.28. The van der Waals surface area contributed by atoms with Gasteiger partial charge in [-0.05, 0) is 44.4 Å². The highest BCUT2D eigenvalue weighted by Crippen LogP contribution is 2.26. The van der Waals surface area contributed by atoms with Crippen molar-refractivity contribution in [3.63, 3.8) is 0 Å². The average molecular weight is 443 g/mol. The zero-order chi connectivity index (χ0) is 22.9. The molecule has 1 fully saturated rings. The molecule has 1 amide bonds. The lowest BCUT2D eigenvalue weighted by molar-refractivity contribution is 0.0711. The molecule has 0 spiro atoms. The minimum absolute atomic E-state index is 0.0504. The van der Waals surface area contributed by atoms with Crippen LogP contribution < -0.4 is 5.56 Å². The third-order valence-corrected chi connectivity index (χ3v) is 6.28. The Balaban J connectivity index is 1.34. The van der Waals surface area contributed by atoms with E-state index in [9.17, 15) is 9.59 Å². The van der Waals surface area contributed by atoms with Crippen molar-refractivity contribution >= 4 is 17.1 Å². The molecule has 8 nitrogen and oxygen atoms in total. The van der Waals surface area contributed by atoms with Gasteiger partial charge in [-0.3, -0.25) is 9.59 Å². The summed E-state index contributed by atoms with van der Waals surface area (Å²) in [5, 5.41) is 8.22. The number of aromatic nitrogens is 5. The first-order valence-corrected chi connectivity index (χ1v) is 11.2. The molecule has 1 aliphatic rings. The second kappa shape index (κ2) is 8.61. The van der Waals surface area contributed by atoms with Gasteiger partial charge in [0.2, 0.25) is 0 Å². The Morgan fingerprint density at radius 3 is 2.55 bits per heavy atom. The molecule has 5 rings (SSSR count). The number of nitrogens with one attached hydrogen (secondary N) is 1. The van der Waals surface area contributed by atoms with Crippen LogP contribution in [0.5, 0.6) is 0 Å². The van der Waals surface area contributed by atoms with Crippen molar-refractivity contribution in [2.45, 2.75) is 39.2 Å². The first-order valence-electron chi connectivity index (χ1n) is 11.2. The predicted octanol–water partition coefficient (Wildman–Crippen LogP) is 3.20. The van der Waals surface area contributed by atoms with Gasteiger partial charge in [-0.1, -0.05) is 52.7 Å². The van der Waals surface area contributed by atoms with Gasteiger partial charge < -0.3 is 9.88 Å². The number of aryl methyl sites for hydroxylation is 2. The lowest BCUT2D eigenvalue weighted by atomic mass is 9.95. The molecule has 0 atom stereocenters. The highest BCUT2D eigenvalue weighted by atomic mass is 16.2. The van der Waals surface area contributed by atoms with Gasteiger partial charge >= 0.3 is 0 Å². The van der Waals surface area contributed by atoms with Crippen LogP contribution in [0.25, 0.3) is 11.2 Å². The molecule has 2 aromatic carbocycles. The summed E-state index contributed by atoms with van der Waals surface area (Å²) in [6.45, 7) is 5.78. The first-order chi connectivity index (χ1) is 16.0. The molecule has 2 aromatic heterocycles. The number of fused-ring (bicyclic) bond motifs is 1. The van der Waals surface area contributed by atoms with E-state index in [1.165, 1.54) is 5.56 Å². The molecule has 0 aliphatic carbocycles. The van der Waals surface area contributed by atoms with Crippen LogP contribution >= 0.6 is 0 Å². The number of H-pyrrole nitrogens is 1. The molecule has 1 aliphatic heterocycles. The molecule has 0 bridgehead atoms. The summed E-state index contributed by atoms with van der Waals surface area (Å²) in [6, 6.07) is 15.8. The molecule has 3 heterocycles. The van der Waals surface area contributed by atoms with E-state index in [0.717, 1.165) is 24.0 Å². The summed E-state index contributed by atoms with van der Waals surface area (Å²) in [5.74, 6) is 0.767. The van der Waals surface area contributed by atoms with E-state index in [0.29, 0.717) is 36.7 Å². The van der Waals surface area contributed by atoms with E-state index in [1.54, 1.807) is 4.68 Å². The minimum Gasteiger partial charge on any atom is -0.339 e. The smallest absolute Gasteiger partial charge is 0.281 e. The number of benzene rings is 2. The standard InChI is InChI=1S/C25H26N6O2/c1-16-6-8-18(9-7-16)15-31-23-21(28-29-31)24(32)27-22(26-23)19-10-12-30(13-11-19)25(33)20-5-3-4-17(2)14-20/h3-9,14,19H,10-13,15H2,1-2H3,(H,26,27,32). The molecule has 168 valence electrons. The fourth-order valence-corrected chi connectivity index (χ4v) is 4.37. The lowest BCUT2D eigenvalue weighted by Crippen LogP contribution is -2.38. The van der Waals surface area contributed by atoms with Crippen LogP contribution in [-0.2, 0) is 6.54 Å². The van der Waals surface area contributed by atoms with E-state index >= 15 is 0 Å². The number of aromatic amines is 1. The number of carbonyl (C=O) groups is 1. The SMILES string of the molecule is Cc1ccc(Cn2nnc3c(=O)[nH]c(C4CCN(C(=O)c5cccc(C)c5)CC4)nc32)cc1. The Kier molecular flexibility index (Phi) is 5.50. The summed E-state index contributed by atoms with van der Waals surface area (Å²) in [5.41, 5.74) is 4.51. The Labute approximate surface area is 191 Å². The largest absolute Gasteiger partial charge is 0.339 e. The van der Waals surface area contributed by atoms with Crippen LogP contribution in [0.15, 0.2) is 53.3 Å². The molecule has 0 unspecified atom stereocenters. The molecular formula is C25H26N6O2. The summed E-state index contributed by atoms with van der Waals surface area (Å²) < 4.78 is 1.68. The Bertz CT molecular complexity index is 1360. The number of piperidine rings is 1. The van der Waals surface area contributed by atoms with E-state index < -0.39 is 0 Å². The summed E-state index contributed by atoms with van der Waals surface area (Å²) in [6.07, 6.45) is 1.48. The molecule has 0 saturated carbocycles. The maximum atomic E-state index is 12.9. The van der Waals surface area contributed by atoms with Gasteiger partial charge in [0.25, 0.3) is 11.5 Å². The van der Waals surface area contributed by atoms with Gasteiger partial charge in [0.05, 0.1) is 6.54 Å². The molecule has 1 N–H and O–H groups in total. The van der Waals surface area contributed by atoms with Crippen LogP contribution in [0.1, 0.15) is 51.6 Å². The van der Waals surface area contributed by atoms with E-state index in [4.69, 9.17) is 4.98 Å². The van der Waals surface area contributed by atoms with E-state index in [1.807, 2.05) is 67.3 Å². The number of likely N-dealkylation sites (tertiary alicyclic amines) is 1. The van der Waals surface area contributed by atoms with Gasteiger partial charge in [-0.2, -0.15) is 0 Å². The van der Waals surface area contributed by atoms with Crippen molar-refractivity contribution in [3.05, 3.63) is 87.0 Å². The Morgan fingerprint density at radius 2 is 1.82 bits per heavy atom. The summed E-state index contributed by atoms with van der Waals surface area (Å²) in [4.78, 5) is 35.1. The lowest BCUT2D eigenvalue weighted by Gasteiger charge is -2.31. The topological polar surface area (TPSA) is 96.8 Å². The molecule has 8 heteroatoms. The zero-order valence-electron chi connectivity index (χ0n) is 18.8. The predicted molar refractivity (Wildman–Crippen MR) is 125 cm³/mol. The second-order valence-corrected chi connectivity index (χ2v) is 8.79. The number of hydrogen-bond donors (Lipinski definition) is 1. The maximum absolute atomic E-state index is 12.9. The summed E-state index contributed by atoms with van der Waals surface area (Å²) >= 11 is 0. The van der Waals surface area contributed by atoms with Gasteiger partial charge in [-0.15, -0.1) is 5.10 Å². The third-order valence-electron chi connectivity index (χ3n) is 6.28. The van der Waals surface area contributed by atoms with Crippen molar-refractivity contribution in [1.29, 1.82) is 0 Å². The molecule has 0 radical (unpaired) electrons. The summed E-state index contributed by atoms with van der Waals surface area (Å²) in [7, 11) is 0. The Morgan fingerprint density at radius 1 is 1.06 bits per heavy atom. The van der Waals surface area contributed by atoms with Crippen molar-refractivity contribution in [2.24, 2.45) is 0 Å². The van der Waals surface area contributed by atoms with Crippen LogP contribution in [0.2, 0.25) is 0 Å². The van der Waals surface area contributed by atoms with Crippen molar-refractivity contribution < 1.29 is 4.79 Å². The average Bonchev–Trinajstić information content (AvgIpc) is 3.23. The van der Waals surface area contributed by atoms with Crippen molar-refractivity contribution in [3.8, 4) is 0 Å². The molecule has 4 aromatic rings. The number of rotatable bonds is 4. The molecule has 1 saturated heterocycles. The minimum atomic E-state index is -0.275.